The van der Waals surface area contributed by atoms with E-state index in [1.807, 2.05) is 54.6 Å². The molecular weight excluding hydrogens is 438 g/mol. The lowest BCUT2D eigenvalue weighted by Crippen LogP contribution is -2.48. The molecule has 1 aliphatic heterocycles. The van der Waals surface area contributed by atoms with Crippen molar-refractivity contribution in [1.29, 1.82) is 0 Å². The molecule has 4 rings (SSSR count). The molecule has 0 radical (unpaired) electrons. The standard InChI is InChI=1S/C25H29N3O4S/c1-3-32-25(29)24-22(18-27-14-16-28(17-15-27)33(30,31)4-2)26-21-13-9-8-12-20(21)23(24)19-10-6-5-7-11-19/h5-13H,3-4,14-18H2,1-2H3. The topological polar surface area (TPSA) is 79.8 Å². The lowest BCUT2D eigenvalue weighted by atomic mass is 9.93. The van der Waals surface area contributed by atoms with E-state index in [9.17, 15) is 13.2 Å². The molecule has 0 aliphatic carbocycles. The van der Waals surface area contributed by atoms with Gasteiger partial charge in [0.2, 0.25) is 10.0 Å². The third-order valence-electron chi connectivity index (χ3n) is 5.97. The van der Waals surface area contributed by atoms with Crippen LogP contribution in [0.4, 0.5) is 0 Å². The van der Waals surface area contributed by atoms with Gasteiger partial charge in [-0.05, 0) is 25.5 Å². The van der Waals surface area contributed by atoms with Crippen molar-refractivity contribution in [2.75, 3.05) is 38.5 Å². The fraction of sp³-hybridized carbons (Fsp3) is 0.360. The number of esters is 1. The smallest absolute Gasteiger partial charge is 0.340 e. The van der Waals surface area contributed by atoms with E-state index in [4.69, 9.17) is 9.72 Å². The molecule has 2 aromatic carbocycles. The number of hydrogen-bond acceptors (Lipinski definition) is 6. The first kappa shape index (κ1) is 23.4. The number of aromatic nitrogens is 1. The molecule has 1 saturated heterocycles. The Bertz CT molecular complexity index is 1240. The summed E-state index contributed by atoms with van der Waals surface area (Å²) in [4.78, 5) is 20.2. The van der Waals surface area contributed by atoms with Crippen LogP contribution in [0.2, 0.25) is 0 Å². The van der Waals surface area contributed by atoms with Gasteiger partial charge in [-0.3, -0.25) is 9.88 Å². The Morgan fingerprint density at radius 2 is 1.64 bits per heavy atom. The first-order valence-corrected chi connectivity index (χ1v) is 12.9. The summed E-state index contributed by atoms with van der Waals surface area (Å²) in [6, 6.07) is 17.6. The Kier molecular flexibility index (Phi) is 7.07. The van der Waals surface area contributed by atoms with Gasteiger partial charge in [-0.25, -0.2) is 13.2 Å². The van der Waals surface area contributed by atoms with Crippen LogP contribution >= 0.6 is 0 Å². The van der Waals surface area contributed by atoms with Crippen LogP contribution in [-0.4, -0.2) is 67.1 Å². The third-order valence-corrected chi connectivity index (χ3v) is 7.85. The Balaban J connectivity index is 1.77. The first-order valence-electron chi connectivity index (χ1n) is 11.3. The van der Waals surface area contributed by atoms with Gasteiger partial charge in [0.25, 0.3) is 0 Å². The summed E-state index contributed by atoms with van der Waals surface area (Å²) in [6.45, 7) is 6.20. The van der Waals surface area contributed by atoms with Gasteiger partial charge in [-0.2, -0.15) is 4.31 Å². The molecule has 174 valence electrons. The van der Waals surface area contributed by atoms with Gasteiger partial charge in [0.15, 0.2) is 0 Å². The molecule has 8 heteroatoms. The molecule has 33 heavy (non-hydrogen) atoms. The normalized spacial score (nSPS) is 15.6. The summed E-state index contributed by atoms with van der Waals surface area (Å²) in [7, 11) is -3.20. The van der Waals surface area contributed by atoms with Gasteiger partial charge < -0.3 is 4.74 Å². The zero-order valence-corrected chi connectivity index (χ0v) is 19.8. The molecule has 3 aromatic rings. The number of rotatable bonds is 7. The van der Waals surface area contributed by atoms with Gasteiger partial charge in [0.05, 0.1) is 29.1 Å². The lowest BCUT2D eigenvalue weighted by molar-refractivity contribution is 0.0524. The molecule has 0 N–H and O–H groups in total. The predicted molar refractivity (Wildman–Crippen MR) is 129 cm³/mol. The van der Waals surface area contributed by atoms with E-state index in [0.29, 0.717) is 44.0 Å². The lowest BCUT2D eigenvalue weighted by Gasteiger charge is -2.34. The number of carbonyl (C=O) groups is 1. The summed E-state index contributed by atoms with van der Waals surface area (Å²) in [6.07, 6.45) is 0. The van der Waals surface area contributed by atoms with Gasteiger partial charge in [0.1, 0.15) is 0 Å². The van der Waals surface area contributed by atoms with Crippen LogP contribution < -0.4 is 0 Å². The van der Waals surface area contributed by atoms with Crippen molar-refractivity contribution in [3.8, 4) is 11.1 Å². The number of ether oxygens (including phenoxy) is 1. The number of pyridine rings is 1. The van der Waals surface area contributed by atoms with E-state index < -0.39 is 16.0 Å². The number of benzene rings is 2. The number of sulfonamides is 1. The molecule has 0 atom stereocenters. The number of carbonyl (C=O) groups excluding carboxylic acids is 1. The Labute approximate surface area is 195 Å². The van der Waals surface area contributed by atoms with E-state index in [1.54, 1.807) is 18.2 Å². The molecule has 0 saturated carbocycles. The van der Waals surface area contributed by atoms with Crippen molar-refractivity contribution in [2.45, 2.75) is 20.4 Å². The van der Waals surface area contributed by atoms with E-state index in [0.717, 1.165) is 22.0 Å². The minimum Gasteiger partial charge on any atom is -0.462 e. The van der Waals surface area contributed by atoms with Crippen molar-refractivity contribution in [1.82, 2.24) is 14.2 Å². The summed E-state index contributed by atoms with van der Waals surface area (Å²) < 4.78 is 31.4. The highest BCUT2D eigenvalue weighted by Crippen LogP contribution is 2.34. The number of nitrogens with zero attached hydrogens (tertiary/aromatic N) is 3. The van der Waals surface area contributed by atoms with Crippen molar-refractivity contribution in [2.24, 2.45) is 0 Å². The SMILES string of the molecule is CCOC(=O)c1c(CN2CCN(S(=O)(=O)CC)CC2)nc2ccccc2c1-c1ccccc1. The quantitative estimate of drug-likeness (QED) is 0.495. The Morgan fingerprint density at radius 1 is 0.970 bits per heavy atom. The summed E-state index contributed by atoms with van der Waals surface area (Å²) in [5.41, 5.74) is 3.69. The van der Waals surface area contributed by atoms with E-state index in [2.05, 4.69) is 4.90 Å². The molecule has 7 nitrogen and oxygen atoms in total. The highest BCUT2D eigenvalue weighted by molar-refractivity contribution is 7.89. The second-order valence-corrected chi connectivity index (χ2v) is 10.2. The largest absolute Gasteiger partial charge is 0.462 e. The molecular formula is C25H29N3O4S. The van der Waals surface area contributed by atoms with Gasteiger partial charge in [-0.15, -0.1) is 0 Å². The Morgan fingerprint density at radius 3 is 2.30 bits per heavy atom. The van der Waals surface area contributed by atoms with E-state index in [-0.39, 0.29) is 12.4 Å². The Hall–Kier alpha value is -2.81. The summed E-state index contributed by atoms with van der Waals surface area (Å²) in [5.74, 6) is -0.288. The van der Waals surface area contributed by atoms with Gasteiger partial charge >= 0.3 is 5.97 Å². The van der Waals surface area contributed by atoms with Crippen molar-refractivity contribution < 1.29 is 17.9 Å². The zero-order chi connectivity index (χ0) is 23.4. The number of hydrogen-bond donors (Lipinski definition) is 0. The summed E-state index contributed by atoms with van der Waals surface area (Å²) in [5, 5.41) is 0.898. The van der Waals surface area contributed by atoms with E-state index in [1.165, 1.54) is 0 Å². The average molecular weight is 468 g/mol. The fourth-order valence-corrected chi connectivity index (χ4v) is 5.35. The molecule has 1 fully saturated rings. The average Bonchev–Trinajstić information content (AvgIpc) is 2.84. The predicted octanol–water partition coefficient (Wildman–Crippen LogP) is 3.55. The fourth-order valence-electron chi connectivity index (χ4n) is 4.27. The van der Waals surface area contributed by atoms with Crippen LogP contribution in [0.1, 0.15) is 29.9 Å². The molecule has 0 amide bonds. The van der Waals surface area contributed by atoms with Crippen LogP contribution in [0, 0.1) is 0 Å². The van der Waals surface area contributed by atoms with Crippen LogP contribution in [0.15, 0.2) is 54.6 Å². The second-order valence-electron chi connectivity index (χ2n) is 7.99. The number of fused-ring (bicyclic) bond motifs is 1. The molecule has 0 unspecified atom stereocenters. The van der Waals surface area contributed by atoms with Crippen molar-refractivity contribution >= 4 is 26.9 Å². The monoisotopic (exact) mass is 467 g/mol. The molecule has 2 heterocycles. The maximum atomic E-state index is 13.2. The van der Waals surface area contributed by atoms with E-state index >= 15 is 0 Å². The molecule has 1 aromatic heterocycles. The minimum absolute atomic E-state index is 0.104. The van der Waals surface area contributed by atoms with Crippen LogP contribution in [0.5, 0.6) is 0 Å². The van der Waals surface area contributed by atoms with Crippen LogP contribution in [0.25, 0.3) is 22.0 Å². The van der Waals surface area contributed by atoms with Crippen LogP contribution in [-0.2, 0) is 21.3 Å². The zero-order valence-electron chi connectivity index (χ0n) is 19.0. The van der Waals surface area contributed by atoms with Gasteiger partial charge in [-0.1, -0.05) is 48.5 Å². The summed E-state index contributed by atoms with van der Waals surface area (Å²) >= 11 is 0. The van der Waals surface area contributed by atoms with Crippen molar-refractivity contribution in [3.05, 3.63) is 65.9 Å². The maximum Gasteiger partial charge on any atom is 0.340 e. The third kappa shape index (κ3) is 4.93. The first-order chi connectivity index (χ1) is 15.9. The highest BCUT2D eigenvalue weighted by Gasteiger charge is 2.28. The highest BCUT2D eigenvalue weighted by atomic mass is 32.2. The minimum atomic E-state index is -3.20. The molecule has 1 aliphatic rings. The number of piperazine rings is 1. The van der Waals surface area contributed by atoms with Crippen molar-refractivity contribution in [3.63, 3.8) is 0 Å². The maximum absolute atomic E-state index is 13.2. The second kappa shape index (κ2) is 9.99. The molecule has 0 spiro atoms. The van der Waals surface area contributed by atoms with Gasteiger partial charge in [0, 0.05) is 43.7 Å². The molecule has 0 bridgehead atoms. The number of para-hydroxylation sites is 1. The van der Waals surface area contributed by atoms with Crippen LogP contribution in [0.3, 0.4) is 0 Å².